The second kappa shape index (κ2) is 23.7. The van der Waals surface area contributed by atoms with Gasteiger partial charge in [0.15, 0.2) is 11.6 Å². The number of rotatable bonds is 13. The number of allylic oxidation sites excluding steroid dienone is 4. The number of aryl methyl sites for hydroxylation is 3. The van der Waals surface area contributed by atoms with Gasteiger partial charge in [-0.1, -0.05) is 47.1 Å². The number of nitrogens with zero attached hydrogens (tertiary/aromatic N) is 1. The van der Waals surface area contributed by atoms with Gasteiger partial charge >= 0.3 is 5.97 Å². The maximum absolute atomic E-state index is 14.4. The molecule has 1 aliphatic carbocycles. The molecule has 4 rings (SSSR count). The molecule has 1 saturated heterocycles. The fourth-order valence-electron chi connectivity index (χ4n) is 7.42. The Labute approximate surface area is 347 Å². The number of hydrogen-bond donors (Lipinski definition) is 1. The lowest BCUT2D eigenvalue weighted by atomic mass is 9.68. The average molecular weight is 812 g/mol. The van der Waals surface area contributed by atoms with Gasteiger partial charge in [-0.05, 0) is 194 Å². The van der Waals surface area contributed by atoms with Crippen LogP contribution in [0.1, 0.15) is 149 Å². The summed E-state index contributed by atoms with van der Waals surface area (Å²) >= 11 is 0. The number of aliphatic carboxylic acids is 1. The molecule has 2 aromatic rings. The maximum atomic E-state index is 14.4. The van der Waals surface area contributed by atoms with Crippen LogP contribution in [-0.2, 0) is 19.2 Å². The third kappa shape index (κ3) is 17.2. The Morgan fingerprint density at radius 3 is 1.79 bits per heavy atom. The summed E-state index contributed by atoms with van der Waals surface area (Å²) < 4.78 is 41.3. The first-order chi connectivity index (χ1) is 26.7. The minimum Gasteiger partial charge on any atom is -0.481 e. The van der Waals surface area contributed by atoms with Crippen LogP contribution in [-0.4, -0.2) is 58.6 Å². The highest BCUT2D eigenvalue weighted by molar-refractivity contribution is 6.18. The van der Waals surface area contributed by atoms with Crippen molar-refractivity contribution in [2.45, 2.75) is 153 Å². The second-order valence-corrected chi connectivity index (χ2v) is 17.6. The summed E-state index contributed by atoms with van der Waals surface area (Å²) in [5.41, 5.74) is 3.97. The Kier molecular flexibility index (Phi) is 21.3. The molecule has 1 aliphatic heterocycles. The second-order valence-electron chi connectivity index (χ2n) is 17.6. The number of ketones is 3. The monoisotopic (exact) mass is 812 g/mol. The fraction of sp³-hybridized carbons (Fsp3) is 0.592. The number of carbonyl (C=O) groups excluding carboxylic acids is 3. The van der Waals surface area contributed by atoms with Gasteiger partial charge in [-0.25, -0.2) is 13.2 Å². The van der Waals surface area contributed by atoms with E-state index >= 15 is 0 Å². The highest BCUT2D eigenvalue weighted by atomic mass is 19.1. The summed E-state index contributed by atoms with van der Waals surface area (Å²) in [5, 5.41) is 8.95. The lowest BCUT2D eigenvalue weighted by Gasteiger charge is -2.38. The summed E-state index contributed by atoms with van der Waals surface area (Å²) in [4.78, 5) is 46.3. The van der Waals surface area contributed by atoms with Crippen LogP contribution in [0.4, 0.5) is 13.2 Å². The number of likely N-dealkylation sites (tertiary alicyclic amines) is 1. The third-order valence-corrected chi connectivity index (χ3v) is 11.3. The van der Waals surface area contributed by atoms with Crippen LogP contribution in [0.15, 0.2) is 47.6 Å². The predicted molar refractivity (Wildman–Crippen MR) is 232 cm³/mol. The number of carboxylic acids is 1. The van der Waals surface area contributed by atoms with E-state index in [0.717, 1.165) is 34.1 Å². The van der Waals surface area contributed by atoms with E-state index in [0.29, 0.717) is 28.4 Å². The van der Waals surface area contributed by atoms with Crippen molar-refractivity contribution in [3.8, 4) is 11.1 Å². The highest BCUT2D eigenvalue weighted by Crippen LogP contribution is 2.47. The predicted octanol–water partition coefficient (Wildman–Crippen LogP) is 12.5. The molecule has 1 spiro atoms. The van der Waals surface area contributed by atoms with Crippen LogP contribution < -0.4 is 0 Å². The SMILES string of the molecule is CC(=O)C(=C/C=C(\C)C(C)(C)F)C(C)=O.CC(=O)[C@@H](C)CC(C)C.CCCN1CCC2(CCC2)C1.Cc1cc(-c2c(C)cc(F)cc2C)cc(C(C)CC(=O)O)c1F. The summed E-state index contributed by atoms with van der Waals surface area (Å²) in [6.45, 7) is 28.4. The molecule has 1 N–H and O–H groups in total. The molecule has 58 heavy (non-hydrogen) atoms. The first-order valence-electron chi connectivity index (χ1n) is 20.9. The molecule has 0 bridgehead atoms. The number of benzene rings is 2. The van der Waals surface area contributed by atoms with Gasteiger partial charge in [0.1, 0.15) is 23.1 Å². The Hall–Kier alpha value is -3.85. The topological polar surface area (TPSA) is 91.8 Å². The van der Waals surface area contributed by atoms with Gasteiger partial charge < -0.3 is 10.0 Å². The molecule has 324 valence electrons. The van der Waals surface area contributed by atoms with Crippen LogP contribution in [0.5, 0.6) is 0 Å². The van der Waals surface area contributed by atoms with Crippen molar-refractivity contribution in [1.82, 2.24) is 4.90 Å². The van der Waals surface area contributed by atoms with Gasteiger partial charge in [0.25, 0.3) is 0 Å². The number of Topliss-reactive ketones (excluding diaryl/α,β-unsaturated/α-hetero) is 3. The van der Waals surface area contributed by atoms with Crippen LogP contribution >= 0.6 is 0 Å². The maximum Gasteiger partial charge on any atom is 0.303 e. The minimum absolute atomic E-state index is 0.0959. The average Bonchev–Trinajstić information content (AvgIpc) is 3.51. The summed E-state index contributed by atoms with van der Waals surface area (Å²) in [6, 6.07) is 6.30. The van der Waals surface area contributed by atoms with E-state index in [4.69, 9.17) is 5.11 Å². The molecule has 2 aliphatic rings. The number of halogens is 3. The third-order valence-electron chi connectivity index (χ3n) is 11.3. The normalized spacial score (nSPS) is 15.7. The van der Waals surface area contributed by atoms with Gasteiger partial charge in [0.2, 0.25) is 0 Å². The summed E-state index contributed by atoms with van der Waals surface area (Å²) in [7, 11) is 0. The van der Waals surface area contributed by atoms with Crippen molar-refractivity contribution >= 4 is 23.3 Å². The molecule has 6 nitrogen and oxygen atoms in total. The van der Waals surface area contributed by atoms with Crippen LogP contribution in [0, 0.1) is 49.7 Å². The smallest absolute Gasteiger partial charge is 0.303 e. The van der Waals surface area contributed by atoms with E-state index < -0.39 is 17.6 Å². The Morgan fingerprint density at radius 2 is 1.41 bits per heavy atom. The zero-order valence-corrected chi connectivity index (χ0v) is 37.9. The Balaban J connectivity index is 0.000000415. The van der Waals surface area contributed by atoms with Crippen molar-refractivity contribution in [3.63, 3.8) is 0 Å². The van der Waals surface area contributed by atoms with Crippen LogP contribution in [0.25, 0.3) is 11.1 Å². The molecule has 2 aromatic carbocycles. The Morgan fingerprint density at radius 1 is 0.862 bits per heavy atom. The van der Waals surface area contributed by atoms with E-state index in [-0.39, 0.29) is 41.1 Å². The molecular weight excluding hydrogens is 740 g/mol. The molecule has 0 radical (unpaired) electrons. The lowest BCUT2D eigenvalue weighted by Crippen LogP contribution is -2.33. The number of carbonyl (C=O) groups is 4. The fourth-order valence-corrected chi connectivity index (χ4v) is 7.42. The van der Waals surface area contributed by atoms with E-state index in [2.05, 4.69) is 25.7 Å². The van der Waals surface area contributed by atoms with Crippen molar-refractivity contribution in [2.24, 2.45) is 17.3 Å². The number of hydrogen-bond acceptors (Lipinski definition) is 5. The quantitative estimate of drug-likeness (QED) is 0.0937. The zero-order valence-electron chi connectivity index (χ0n) is 37.9. The van der Waals surface area contributed by atoms with Crippen molar-refractivity contribution < 1.29 is 37.5 Å². The highest BCUT2D eigenvalue weighted by Gasteiger charge is 2.42. The molecule has 1 saturated carbocycles. The van der Waals surface area contributed by atoms with Gasteiger partial charge in [0, 0.05) is 12.5 Å². The molecule has 0 amide bonds. The molecule has 0 aromatic heterocycles. The molecule has 2 fully saturated rings. The molecule has 1 heterocycles. The summed E-state index contributed by atoms with van der Waals surface area (Å²) in [5.74, 6) is -1.48. The largest absolute Gasteiger partial charge is 0.481 e. The van der Waals surface area contributed by atoms with Crippen molar-refractivity contribution in [2.75, 3.05) is 19.6 Å². The van der Waals surface area contributed by atoms with Gasteiger partial charge in [-0.3, -0.25) is 19.2 Å². The van der Waals surface area contributed by atoms with Crippen molar-refractivity contribution in [1.29, 1.82) is 0 Å². The van der Waals surface area contributed by atoms with Gasteiger partial charge in [0.05, 0.1) is 12.0 Å². The Bertz CT molecular complexity index is 1740. The van der Waals surface area contributed by atoms with E-state index in [1.165, 1.54) is 104 Å². The summed E-state index contributed by atoms with van der Waals surface area (Å²) in [6.07, 6.45) is 11.1. The van der Waals surface area contributed by atoms with Crippen LogP contribution in [0.2, 0.25) is 0 Å². The number of carboxylic acid groups (broad SMARTS) is 1. The van der Waals surface area contributed by atoms with E-state index in [1.807, 2.05) is 20.8 Å². The number of alkyl halides is 1. The van der Waals surface area contributed by atoms with E-state index in [1.54, 1.807) is 39.8 Å². The zero-order chi connectivity index (χ0) is 44.7. The van der Waals surface area contributed by atoms with Crippen LogP contribution in [0.3, 0.4) is 0 Å². The van der Waals surface area contributed by atoms with Gasteiger partial charge in [-0.15, -0.1) is 0 Å². The molecule has 9 heteroatoms. The van der Waals surface area contributed by atoms with Gasteiger partial charge in [-0.2, -0.15) is 0 Å². The minimum atomic E-state index is -1.44. The first-order valence-corrected chi connectivity index (χ1v) is 20.9. The van der Waals surface area contributed by atoms with Crippen molar-refractivity contribution in [3.05, 3.63) is 81.5 Å². The first kappa shape index (κ1) is 52.2. The molecular formula is C49H72F3NO5. The molecule has 2 atom stereocenters. The standard InChI is InChI=1S/C19H20F2O2.C12H17FO2.C10H19N.C8H16O/c1-10(8-17(22)23)16-9-14(5-13(4)19(16)21)18-11(2)6-15(20)7-12(18)3;1-8(12(4,5)13)6-7-11(9(2)14)10(3)15;1-2-7-11-8-6-10(9-11)4-3-5-10;1-6(2)5-7(3)8(4)9/h5-7,9-10H,8H2,1-4H3,(H,22,23);6-7H,1-5H3;2-9H2,1H3;6-7H,5H2,1-4H3/b;8-6+;;/t;;;7-/m...0/s1. The lowest BCUT2D eigenvalue weighted by molar-refractivity contribution is -0.137. The molecule has 1 unspecified atom stereocenters. The van der Waals surface area contributed by atoms with E-state index in [9.17, 15) is 32.3 Å².